The van der Waals surface area contributed by atoms with E-state index in [4.69, 9.17) is 16.6 Å². The smallest absolute Gasteiger partial charge is 0.226 e. The zero-order valence-corrected chi connectivity index (χ0v) is 18.5. The molecule has 6 rings (SSSR count). The van der Waals surface area contributed by atoms with Gasteiger partial charge in [0, 0.05) is 47.6 Å². The molecule has 7 nitrogen and oxygen atoms in total. The van der Waals surface area contributed by atoms with E-state index in [1.54, 1.807) is 0 Å². The van der Waals surface area contributed by atoms with Gasteiger partial charge in [0.1, 0.15) is 0 Å². The maximum Gasteiger partial charge on any atom is 0.226 e. The van der Waals surface area contributed by atoms with Crippen molar-refractivity contribution in [3.8, 4) is 11.4 Å². The molecule has 0 radical (unpaired) electrons. The van der Waals surface area contributed by atoms with Gasteiger partial charge in [-0.2, -0.15) is 0 Å². The van der Waals surface area contributed by atoms with Gasteiger partial charge in [0.05, 0.1) is 5.52 Å². The molecule has 2 aromatic carbocycles. The van der Waals surface area contributed by atoms with E-state index in [-0.39, 0.29) is 12.0 Å². The van der Waals surface area contributed by atoms with Gasteiger partial charge in [-0.05, 0) is 56.2 Å². The first-order valence-electron chi connectivity index (χ1n) is 11.1. The molecule has 0 bridgehead atoms. The third-order valence-electron chi connectivity index (χ3n) is 6.45. The summed E-state index contributed by atoms with van der Waals surface area (Å²) in [7, 11) is 0. The zero-order chi connectivity index (χ0) is 21.8. The van der Waals surface area contributed by atoms with Gasteiger partial charge in [-0.25, -0.2) is 9.38 Å². The molecular weight excluding hydrogens is 424 g/mol. The third-order valence-corrected chi connectivity index (χ3v) is 6.70. The van der Waals surface area contributed by atoms with Crippen molar-refractivity contribution in [1.82, 2.24) is 24.5 Å². The number of halogens is 1. The quantitative estimate of drug-likeness (QED) is 0.475. The third kappa shape index (κ3) is 3.19. The molecule has 0 N–H and O–H groups in total. The average Bonchev–Trinajstić information content (AvgIpc) is 3.57. The number of carbonyl (C=O) groups is 1. The summed E-state index contributed by atoms with van der Waals surface area (Å²) in [6, 6.07) is 15.7. The van der Waals surface area contributed by atoms with Gasteiger partial charge in [0.25, 0.3) is 0 Å². The molecule has 32 heavy (non-hydrogen) atoms. The van der Waals surface area contributed by atoms with Crippen LogP contribution in [0.5, 0.6) is 0 Å². The van der Waals surface area contributed by atoms with Crippen molar-refractivity contribution in [3.05, 3.63) is 53.6 Å². The van der Waals surface area contributed by atoms with Crippen LogP contribution in [0, 0.1) is 5.92 Å². The van der Waals surface area contributed by atoms with Crippen LogP contribution in [-0.2, 0) is 4.79 Å². The topological polar surface area (TPSA) is 66.6 Å². The fraction of sp³-hybridized carbons (Fsp3) is 0.333. The molecule has 1 aliphatic heterocycles. The lowest BCUT2D eigenvalue weighted by Crippen LogP contribution is -2.55. The highest BCUT2D eigenvalue weighted by atomic mass is 35.5. The molecule has 3 heterocycles. The summed E-state index contributed by atoms with van der Waals surface area (Å²) in [4.78, 5) is 22.0. The highest BCUT2D eigenvalue weighted by Crippen LogP contribution is 2.33. The summed E-state index contributed by atoms with van der Waals surface area (Å²) in [5.41, 5.74) is 2.59. The summed E-state index contributed by atoms with van der Waals surface area (Å²) >= 11 is 6.11. The molecule has 1 saturated heterocycles. The Kier molecular flexibility index (Phi) is 4.54. The van der Waals surface area contributed by atoms with Crippen molar-refractivity contribution in [2.75, 3.05) is 24.5 Å². The van der Waals surface area contributed by atoms with Gasteiger partial charge in [-0.15, -0.1) is 10.2 Å². The van der Waals surface area contributed by atoms with E-state index < -0.39 is 0 Å². The molecule has 2 fully saturated rings. The van der Waals surface area contributed by atoms with Gasteiger partial charge >= 0.3 is 0 Å². The average molecular weight is 447 g/mol. The first-order valence-corrected chi connectivity index (χ1v) is 11.4. The van der Waals surface area contributed by atoms with Crippen LogP contribution in [0.2, 0.25) is 5.02 Å². The minimum Gasteiger partial charge on any atom is -0.338 e. The maximum absolute atomic E-state index is 12.7. The Balaban J connectivity index is 1.47. The van der Waals surface area contributed by atoms with Crippen LogP contribution in [0.3, 0.4) is 0 Å². The molecule has 2 aromatic heterocycles. The molecule has 0 spiro atoms. The zero-order valence-electron chi connectivity index (χ0n) is 17.8. The number of hydrogen-bond acceptors (Lipinski definition) is 5. The molecule has 2 aliphatic rings. The number of aromatic nitrogens is 4. The van der Waals surface area contributed by atoms with Crippen molar-refractivity contribution >= 4 is 40.0 Å². The lowest BCUT2D eigenvalue weighted by Gasteiger charge is -2.40. The summed E-state index contributed by atoms with van der Waals surface area (Å²) in [5.74, 6) is 2.08. The largest absolute Gasteiger partial charge is 0.338 e. The summed E-state index contributed by atoms with van der Waals surface area (Å²) in [6.45, 7) is 4.26. The van der Waals surface area contributed by atoms with Crippen LogP contribution in [0.15, 0.2) is 48.5 Å². The number of anilines is 1. The number of carbonyl (C=O) groups excluding carboxylic acids is 1. The Morgan fingerprint density at radius 3 is 2.56 bits per heavy atom. The van der Waals surface area contributed by atoms with E-state index in [1.165, 1.54) is 0 Å². The Bertz CT molecular complexity index is 1330. The molecule has 162 valence electrons. The highest BCUT2D eigenvalue weighted by molar-refractivity contribution is 6.30. The van der Waals surface area contributed by atoms with Crippen molar-refractivity contribution in [3.63, 3.8) is 0 Å². The molecule has 1 unspecified atom stereocenters. The number of fused-ring (bicyclic) bond motifs is 3. The maximum atomic E-state index is 12.7. The Hall–Kier alpha value is -3.19. The standard InChI is InChI=1S/C24H23ClN6O/c1-15-14-29(12-13-30(15)23(32)17-6-7-17)24-26-20-5-3-2-4-19(20)22-28-27-21(31(22)24)16-8-10-18(25)11-9-16/h2-5,8-11,15,17H,6-7,12-14H2,1H3. The second kappa shape index (κ2) is 7.45. The highest BCUT2D eigenvalue weighted by Gasteiger charge is 2.38. The van der Waals surface area contributed by atoms with Crippen molar-refractivity contribution in [2.24, 2.45) is 5.92 Å². The van der Waals surface area contributed by atoms with Crippen LogP contribution in [0.1, 0.15) is 19.8 Å². The fourth-order valence-electron chi connectivity index (χ4n) is 4.60. The van der Waals surface area contributed by atoms with Gasteiger partial charge in [-0.1, -0.05) is 23.7 Å². The SMILES string of the molecule is CC1CN(c2nc3ccccc3c3nnc(-c4ccc(Cl)cc4)n23)CCN1C(=O)C1CC1. The number of hydrogen-bond donors (Lipinski definition) is 0. The van der Waals surface area contributed by atoms with Crippen molar-refractivity contribution in [1.29, 1.82) is 0 Å². The van der Waals surface area contributed by atoms with E-state index in [0.29, 0.717) is 17.5 Å². The second-order valence-corrected chi connectivity index (χ2v) is 9.16. The number of amides is 1. The minimum absolute atomic E-state index is 0.121. The molecule has 1 saturated carbocycles. The molecule has 1 atom stereocenters. The summed E-state index contributed by atoms with van der Waals surface area (Å²) in [5, 5.41) is 10.7. The minimum atomic E-state index is 0.121. The lowest BCUT2D eigenvalue weighted by atomic mass is 10.1. The van der Waals surface area contributed by atoms with Gasteiger partial charge in [-0.3, -0.25) is 4.79 Å². The first-order chi connectivity index (χ1) is 15.6. The molecule has 1 amide bonds. The van der Waals surface area contributed by atoms with E-state index in [9.17, 15) is 4.79 Å². The van der Waals surface area contributed by atoms with Crippen LogP contribution in [-0.4, -0.2) is 56.1 Å². The van der Waals surface area contributed by atoms with Crippen molar-refractivity contribution in [2.45, 2.75) is 25.8 Å². The van der Waals surface area contributed by atoms with E-state index in [2.05, 4.69) is 22.0 Å². The van der Waals surface area contributed by atoms with Gasteiger partial charge in [0.15, 0.2) is 11.5 Å². The van der Waals surface area contributed by atoms with Crippen LogP contribution < -0.4 is 4.90 Å². The summed E-state index contributed by atoms with van der Waals surface area (Å²) < 4.78 is 2.04. The number of benzene rings is 2. The predicted molar refractivity (Wildman–Crippen MR) is 125 cm³/mol. The molecular formula is C24H23ClN6O. The molecule has 1 aliphatic carbocycles. The number of rotatable bonds is 3. The number of para-hydroxylation sites is 1. The van der Waals surface area contributed by atoms with Crippen LogP contribution in [0.25, 0.3) is 27.9 Å². The predicted octanol–water partition coefficient (Wildman–Crippen LogP) is 4.05. The second-order valence-electron chi connectivity index (χ2n) is 8.72. The van der Waals surface area contributed by atoms with E-state index >= 15 is 0 Å². The van der Waals surface area contributed by atoms with Crippen LogP contribution >= 0.6 is 11.6 Å². The first kappa shape index (κ1) is 19.5. The molecule has 4 aromatic rings. The lowest BCUT2D eigenvalue weighted by molar-refractivity contribution is -0.134. The normalized spacial score (nSPS) is 19.1. The number of piperazine rings is 1. The Labute approximate surface area is 190 Å². The van der Waals surface area contributed by atoms with Crippen molar-refractivity contribution < 1.29 is 4.79 Å². The van der Waals surface area contributed by atoms with Crippen LogP contribution in [0.4, 0.5) is 5.95 Å². The fourth-order valence-corrected chi connectivity index (χ4v) is 4.72. The monoisotopic (exact) mass is 446 g/mol. The summed E-state index contributed by atoms with van der Waals surface area (Å²) in [6.07, 6.45) is 2.06. The Morgan fingerprint density at radius 2 is 1.81 bits per heavy atom. The Morgan fingerprint density at radius 1 is 1.03 bits per heavy atom. The van der Waals surface area contributed by atoms with E-state index in [0.717, 1.165) is 59.8 Å². The number of nitrogens with zero attached hydrogens (tertiary/aromatic N) is 6. The van der Waals surface area contributed by atoms with Gasteiger partial charge in [0.2, 0.25) is 11.9 Å². The van der Waals surface area contributed by atoms with Gasteiger partial charge < -0.3 is 9.80 Å². The van der Waals surface area contributed by atoms with E-state index in [1.807, 2.05) is 57.8 Å². The molecule has 8 heteroatoms.